The average molecular weight is 1180 g/mol. The molecule has 0 radical (unpaired) electrons. The molecule has 16 atom stereocenters. The number of aliphatic hydroxyl groups excluding tert-OH is 3. The van der Waals surface area contributed by atoms with Crippen molar-refractivity contribution in [1.82, 2.24) is 43.6 Å². The summed E-state index contributed by atoms with van der Waals surface area (Å²) in [6, 6.07) is 0.925. The lowest BCUT2D eigenvalue weighted by molar-refractivity contribution is -0.646. The van der Waals surface area contributed by atoms with Gasteiger partial charge < -0.3 is 74.8 Å². The van der Waals surface area contributed by atoms with E-state index in [2.05, 4.69) is 33.5 Å². The molecule has 5 aromatic heterocycles. The number of aliphatic hydroxyl groups is 3. The van der Waals surface area contributed by atoms with Crippen LogP contribution in [0.3, 0.4) is 0 Å². The van der Waals surface area contributed by atoms with Gasteiger partial charge in [0.1, 0.15) is 54.6 Å². The van der Waals surface area contributed by atoms with Crippen LogP contribution in [0.4, 0.5) is 11.8 Å². The van der Waals surface area contributed by atoms with E-state index >= 15 is 0 Å². The second kappa shape index (κ2) is 23.2. The van der Waals surface area contributed by atoms with Crippen molar-refractivity contribution >= 4 is 65.4 Å². The second-order valence-electron chi connectivity index (χ2n) is 17.0. The van der Waals surface area contributed by atoms with Crippen LogP contribution >= 0.6 is 31.3 Å². The topological polar surface area (TPSA) is 526 Å². The average Bonchev–Trinajstić information content (AvgIpc) is 4.19. The number of hydrogen-bond acceptors (Lipinski definition) is 28. The lowest BCUT2D eigenvalue weighted by Gasteiger charge is -2.26. The molecule has 3 saturated heterocycles. The van der Waals surface area contributed by atoms with Gasteiger partial charge in [0.15, 0.2) is 23.9 Å². The number of hydrogen-bond donors (Lipinski definition) is 11. The first-order chi connectivity index (χ1) is 36.2. The molecule has 0 saturated carbocycles. The van der Waals surface area contributed by atoms with Gasteiger partial charge in [-0.25, -0.2) is 42.6 Å². The Morgan fingerprint density at radius 2 is 1.35 bits per heavy atom. The summed E-state index contributed by atoms with van der Waals surface area (Å²) in [7, 11) is -19.5. The minimum Gasteiger partial charge on any atom is -0.387 e. The maximum absolute atomic E-state index is 13.6. The monoisotopic (exact) mass is 1180 g/mol. The summed E-state index contributed by atoms with van der Waals surface area (Å²) in [6.07, 6.45) is -13.5. The third-order valence-electron chi connectivity index (χ3n) is 11.9. The number of H-pyrrole nitrogens is 2. The first-order valence-corrected chi connectivity index (χ1v) is 28.2. The zero-order chi connectivity index (χ0) is 55.9. The minimum absolute atomic E-state index is 0.00592. The molecule has 3 fully saturated rings. The van der Waals surface area contributed by atoms with Crippen molar-refractivity contribution in [1.29, 1.82) is 0 Å². The third-order valence-corrected chi connectivity index (χ3v) is 17.1. The summed E-state index contributed by atoms with van der Waals surface area (Å²) in [6.45, 7) is -3.41. The predicted octanol–water partition coefficient (Wildman–Crippen LogP) is -3.96. The Labute approximate surface area is 429 Å². The fraction of sp³-hybridized carbons (Fsp3) is 0.600. The number of aromatic amines is 2. The number of nitrogen functional groups attached to an aromatic ring is 2. The van der Waals surface area contributed by atoms with Crippen molar-refractivity contribution < 1.29 is 113 Å². The smallest absolute Gasteiger partial charge is 0.387 e. The van der Waals surface area contributed by atoms with Crippen molar-refractivity contribution in [2.75, 3.05) is 65.3 Å². The summed E-state index contributed by atoms with van der Waals surface area (Å²) in [4.78, 5) is 99.8. The fourth-order valence-corrected chi connectivity index (χ4v) is 12.9. The highest BCUT2D eigenvalue weighted by atomic mass is 31.3. The van der Waals surface area contributed by atoms with E-state index in [1.54, 1.807) is 0 Å². The summed E-state index contributed by atoms with van der Waals surface area (Å²) in [5.74, 6) is -1.45. The number of nitrogens with two attached hydrogens (primary N) is 2. The largest absolute Gasteiger partial charge is 0.490 e. The molecule has 3 aliphatic rings. The molecule has 38 nitrogen and oxygen atoms in total. The van der Waals surface area contributed by atoms with E-state index in [1.165, 1.54) is 34.2 Å². The molecule has 0 aliphatic carbocycles. The van der Waals surface area contributed by atoms with Crippen molar-refractivity contribution in [2.24, 2.45) is 13.0 Å². The maximum Gasteiger partial charge on any atom is 0.490 e. The number of nitrogens with zero attached hydrogens (tertiary/aromatic N) is 8. The second-order valence-corrected chi connectivity index (χ2v) is 23.0. The van der Waals surface area contributed by atoms with Crippen molar-refractivity contribution in [3.63, 3.8) is 0 Å². The molecule has 0 aromatic carbocycles. The minimum atomic E-state index is -6.20. The van der Waals surface area contributed by atoms with E-state index in [9.17, 15) is 67.5 Å². The Hall–Kier alpha value is -4.66. The SMILES string of the molecule is COCCOC[C@H]1[C@@H](O)[C@H](n2c[n+](C)c3c(=O)[nH]c(N)nc32)O[C@@H]1COP(=O)(O)OP(=O)(O)OP(=O)(O)OC[C@H]1O[C@@H](n2cnc3c(N)ncnc32)[C@H](OC)[C@@H]1OP(=O)(O)OC[C@H]1O[C@@H](n2ccc(=O)[nH]c2=O)[C@H](O)[C@@H]1O. The summed E-state index contributed by atoms with van der Waals surface area (Å²) in [5, 5.41) is 32.7. The zero-order valence-electron chi connectivity index (χ0n) is 40.0. The number of nitrogens with one attached hydrogen (secondary N) is 2. The van der Waals surface area contributed by atoms with Gasteiger partial charge in [-0.15, -0.1) is 0 Å². The van der Waals surface area contributed by atoms with E-state index in [-0.39, 0.29) is 53.9 Å². The zero-order valence-corrected chi connectivity index (χ0v) is 43.5. The number of fused-ring (bicyclic) bond motifs is 2. The van der Waals surface area contributed by atoms with Gasteiger partial charge in [-0.2, -0.15) is 18.2 Å². The van der Waals surface area contributed by atoms with E-state index in [0.717, 1.165) is 36.6 Å². The molecule has 4 unspecified atom stereocenters. The van der Waals surface area contributed by atoms with E-state index < -0.39 is 141 Å². The van der Waals surface area contributed by atoms with Crippen molar-refractivity contribution in [3.8, 4) is 0 Å². The number of aromatic nitrogens is 10. The molecule has 77 heavy (non-hydrogen) atoms. The van der Waals surface area contributed by atoms with Gasteiger partial charge in [-0.05, 0) is 0 Å². The van der Waals surface area contributed by atoms with E-state index in [0.29, 0.717) is 0 Å². The molecule has 13 N–H and O–H groups in total. The summed E-state index contributed by atoms with van der Waals surface area (Å²) >= 11 is 0. The highest BCUT2D eigenvalue weighted by molar-refractivity contribution is 7.66. The van der Waals surface area contributed by atoms with Crippen LogP contribution in [0.25, 0.3) is 22.3 Å². The molecular formula is C35H51N12O26P4+. The van der Waals surface area contributed by atoms with Crippen LogP contribution in [-0.2, 0) is 80.4 Å². The number of rotatable bonds is 24. The van der Waals surface area contributed by atoms with Gasteiger partial charge in [0, 0.05) is 32.4 Å². The fourth-order valence-electron chi connectivity index (χ4n) is 8.44. The van der Waals surface area contributed by atoms with Crippen LogP contribution in [-0.4, -0.2) is 181 Å². The lowest BCUT2D eigenvalue weighted by atomic mass is 9.99. The van der Waals surface area contributed by atoms with Gasteiger partial charge in [0.25, 0.3) is 16.7 Å². The van der Waals surface area contributed by atoms with Gasteiger partial charge in [0.2, 0.25) is 18.5 Å². The van der Waals surface area contributed by atoms with Crippen molar-refractivity contribution in [2.45, 2.75) is 67.5 Å². The number of ether oxygens (including phenoxy) is 6. The number of anilines is 2. The normalized spacial score (nSPS) is 29.9. The Morgan fingerprint density at radius 3 is 2.03 bits per heavy atom. The Kier molecular flexibility index (Phi) is 17.6. The number of phosphoric ester groups is 3. The highest BCUT2D eigenvalue weighted by Gasteiger charge is 2.54. The lowest BCUT2D eigenvalue weighted by Crippen LogP contribution is -2.38. The van der Waals surface area contributed by atoms with Gasteiger partial charge in [-0.3, -0.25) is 46.8 Å². The van der Waals surface area contributed by atoms with Crippen LogP contribution in [0.1, 0.15) is 18.7 Å². The summed E-state index contributed by atoms with van der Waals surface area (Å²) in [5.41, 5.74) is 9.29. The molecule has 8 rings (SSSR count). The Bertz CT molecular complexity index is 3320. The number of methoxy groups -OCH3 is 2. The molecule has 5 aromatic rings. The Morgan fingerprint density at radius 1 is 0.714 bits per heavy atom. The molecule has 0 bridgehead atoms. The first kappa shape index (κ1) is 58.5. The standard InChI is InChI=1S/C35H50N12O26P4/c1-44-14-47(29-21(44)30(52)43-34(37)42-29)31-22(49)15(8-64-7-6-62-2)16(68-31)9-66-75(56,57)72-77(60,61)73-76(58,59)67-11-18-25(26(63-3)33(70-18)46-13-40-20-27(36)38-12-39-28(20)46)71-74(54,55)65-10-17-23(50)24(51)32(69-17)45-5-4-19(48)41-35(45)53/h4-5,12-18,22-26,31-33,49-51H,6-11H2,1-3H3,(H9-,36,37,38,39,41,42,43,48,52,53,54,55,56,57,58,59,60,61)/p+1/t15-,16-,17-,18-,22-,23-,24-,25-,26-,31-,32-,33-/m1/s1. The molecule has 0 amide bonds. The van der Waals surface area contributed by atoms with Crippen LogP contribution < -0.4 is 32.8 Å². The van der Waals surface area contributed by atoms with Crippen LogP contribution in [0.15, 0.2) is 45.6 Å². The van der Waals surface area contributed by atoms with E-state index in [1.807, 2.05) is 4.98 Å². The van der Waals surface area contributed by atoms with Crippen LogP contribution in [0.2, 0.25) is 0 Å². The number of imidazole rings is 2. The first-order valence-electron chi connectivity index (χ1n) is 22.2. The number of aryl methyl sites for hydroxylation is 1. The molecule has 426 valence electrons. The maximum atomic E-state index is 13.6. The predicted molar refractivity (Wildman–Crippen MR) is 248 cm³/mol. The molecule has 3 aliphatic heterocycles. The van der Waals surface area contributed by atoms with Crippen molar-refractivity contribution in [3.05, 3.63) is 62.4 Å². The summed E-state index contributed by atoms with van der Waals surface area (Å²) < 4.78 is 120. The van der Waals surface area contributed by atoms with Gasteiger partial charge in [-0.1, -0.05) is 0 Å². The molecule has 42 heteroatoms. The molecule has 0 spiro atoms. The van der Waals surface area contributed by atoms with Gasteiger partial charge in [0.05, 0.1) is 59.1 Å². The van der Waals surface area contributed by atoms with Gasteiger partial charge >= 0.3 is 42.5 Å². The highest BCUT2D eigenvalue weighted by Crippen LogP contribution is 2.68. The van der Waals surface area contributed by atoms with Crippen LogP contribution in [0, 0.1) is 5.92 Å². The quantitative estimate of drug-likeness (QED) is 0.0160. The van der Waals surface area contributed by atoms with E-state index in [4.69, 9.17) is 58.0 Å². The molecular weight excluding hydrogens is 1130 g/mol. The molecule has 8 heterocycles. The number of phosphoric acid groups is 4. The van der Waals surface area contributed by atoms with Crippen LogP contribution in [0.5, 0.6) is 0 Å². The third kappa shape index (κ3) is 13.0. The Balaban J connectivity index is 0.943.